The largest absolute Gasteiger partial charge is 0.449 e. The smallest absolute Gasteiger partial charge is 0.282 e. The molecule has 1 atom stereocenters. The minimum absolute atomic E-state index is 0.227. The van der Waals surface area contributed by atoms with Crippen LogP contribution in [-0.2, 0) is 8.23 Å². The SMILES string of the molecule is CCCCC(CC)C[SiH2]O[SiH2]O[SiH3]. The van der Waals surface area contributed by atoms with Crippen LogP contribution in [0.15, 0.2) is 0 Å². The first kappa shape index (κ1) is 13.6. The third-order valence-electron chi connectivity index (χ3n) is 2.41. The van der Waals surface area contributed by atoms with E-state index in [1.807, 2.05) is 0 Å². The van der Waals surface area contributed by atoms with E-state index >= 15 is 0 Å². The molecule has 0 aromatic heterocycles. The maximum Gasteiger partial charge on any atom is 0.282 e. The molecule has 80 valence electrons. The monoisotopic (exact) mass is 236 g/mol. The lowest BCUT2D eigenvalue weighted by Gasteiger charge is -2.13. The number of hydrogen-bond donors (Lipinski definition) is 0. The Bertz CT molecular complexity index is 103. The van der Waals surface area contributed by atoms with Crippen molar-refractivity contribution in [3.63, 3.8) is 0 Å². The van der Waals surface area contributed by atoms with E-state index < -0.39 is 10.0 Å². The first-order chi connectivity index (χ1) is 6.35. The maximum atomic E-state index is 5.59. The van der Waals surface area contributed by atoms with Crippen LogP contribution in [0, 0.1) is 5.92 Å². The van der Waals surface area contributed by atoms with Gasteiger partial charge in [0.25, 0.3) is 10.0 Å². The molecule has 0 spiro atoms. The second-order valence-electron chi connectivity index (χ2n) is 3.52. The zero-order chi connectivity index (χ0) is 9.94. The van der Waals surface area contributed by atoms with Crippen LogP contribution in [0.1, 0.15) is 39.5 Å². The van der Waals surface area contributed by atoms with Gasteiger partial charge in [-0.05, 0) is 12.0 Å². The molecule has 0 aromatic rings. The molecule has 0 N–H and O–H groups in total. The fourth-order valence-electron chi connectivity index (χ4n) is 1.44. The molecule has 5 heteroatoms. The zero-order valence-corrected chi connectivity index (χ0v) is 14.2. The Morgan fingerprint density at radius 2 is 2.15 bits per heavy atom. The van der Waals surface area contributed by atoms with Gasteiger partial charge in [0.2, 0.25) is 0 Å². The van der Waals surface area contributed by atoms with E-state index in [0.717, 1.165) is 16.4 Å². The van der Waals surface area contributed by atoms with Gasteiger partial charge in [0.05, 0.1) is 0 Å². The van der Waals surface area contributed by atoms with E-state index in [1.54, 1.807) is 0 Å². The molecule has 0 aliphatic carbocycles. The van der Waals surface area contributed by atoms with Crippen molar-refractivity contribution in [1.29, 1.82) is 0 Å². The minimum Gasteiger partial charge on any atom is -0.449 e. The fraction of sp³-hybridized carbons (Fsp3) is 1.00. The van der Waals surface area contributed by atoms with E-state index in [4.69, 9.17) is 8.23 Å². The quantitative estimate of drug-likeness (QED) is 0.415. The highest BCUT2D eigenvalue weighted by Gasteiger charge is 2.05. The second-order valence-corrected chi connectivity index (χ2v) is 8.68. The highest BCUT2D eigenvalue weighted by atomic mass is 28.3. The van der Waals surface area contributed by atoms with Crippen LogP contribution >= 0.6 is 0 Å². The third kappa shape index (κ3) is 8.89. The average molecular weight is 237 g/mol. The van der Waals surface area contributed by atoms with Gasteiger partial charge in [0, 0.05) is 0 Å². The summed E-state index contributed by atoms with van der Waals surface area (Å²) >= 11 is 0. The van der Waals surface area contributed by atoms with E-state index in [-0.39, 0.29) is 9.76 Å². The number of unbranched alkanes of at least 4 members (excludes halogenated alkanes) is 1. The summed E-state index contributed by atoms with van der Waals surface area (Å²) in [6.07, 6.45) is 5.46. The molecule has 2 nitrogen and oxygen atoms in total. The predicted molar refractivity (Wildman–Crippen MR) is 67.3 cm³/mol. The molecule has 0 aliphatic rings. The number of rotatable bonds is 9. The summed E-state index contributed by atoms with van der Waals surface area (Å²) in [6.45, 7) is 4.57. The second kappa shape index (κ2) is 10.7. The van der Waals surface area contributed by atoms with E-state index in [9.17, 15) is 0 Å². The molecule has 13 heavy (non-hydrogen) atoms. The van der Waals surface area contributed by atoms with Crippen LogP contribution in [0.5, 0.6) is 0 Å². The minimum atomic E-state index is -0.525. The maximum absolute atomic E-state index is 5.59. The Labute approximate surface area is 90.3 Å². The van der Waals surface area contributed by atoms with Gasteiger partial charge >= 0.3 is 0 Å². The Kier molecular flexibility index (Phi) is 11.1. The summed E-state index contributed by atoms with van der Waals surface area (Å²) < 4.78 is 10.7. The topological polar surface area (TPSA) is 18.5 Å². The molecule has 0 radical (unpaired) electrons. The molecule has 0 heterocycles. The van der Waals surface area contributed by atoms with Gasteiger partial charge in [0.15, 0.2) is 0 Å². The van der Waals surface area contributed by atoms with Crippen molar-refractivity contribution in [2.45, 2.75) is 45.6 Å². The molecule has 1 unspecified atom stereocenters. The first-order valence-corrected chi connectivity index (χ1v) is 8.96. The molecule has 0 saturated heterocycles. The van der Waals surface area contributed by atoms with E-state index in [0.29, 0.717) is 0 Å². The molecule has 0 amide bonds. The standard InChI is InChI=1S/C8H24O2Si3/c1-3-5-6-8(4-2)7-12-10-13-9-11/h8H,3-7,12-13H2,1-2,11H3. The van der Waals surface area contributed by atoms with E-state index in [1.165, 1.54) is 31.7 Å². The number of hydrogen-bond acceptors (Lipinski definition) is 2. The Hall–Kier alpha value is 0.571. The molecule has 0 fully saturated rings. The third-order valence-corrected chi connectivity index (χ3v) is 6.23. The van der Waals surface area contributed by atoms with Crippen LogP contribution < -0.4 is 0 Å². The normalized spacial score (nSPS) is 15.2. The molecular weight excluding hydrogens is 212 g/mol. The summed E-state index contributed by atoms with van der Waals surface area (Å²) in [4.78, 5) is 0. The van der Waals surface area contributed by atoms with Crippen molar-refractivity contribution < 1.29 is 8.23 Å². The molecule has 0 bridgehead atoms. The van der Waals surface area contributed by atoms with Gasteiger partial charge in [-0.2, -0.15) is 0 Å². The van der Waals surface area contributed by atoms with Gasteiger partial charge in [-0.1, -0.05) is 39.5 Å². The van der Waals surface area contributed by atoms with Gasteiger partial charge in [0.1, 0.15) is 20.2 Å². The van der Waals surface area contributed by atoms with Crippen LogP contribution in [0.3, 0.4) is 0 Å². The van der Waals surface area contributed by atoms with Gasteiger partial charge in [-0.3, -0.25) is 0 Å². The lowest BCUT2D eigenvalue weighted by atomic mass is 10.0. The lowest BCUT2D eigenvalue weighted by Crippen LogP contribution is -2.10. The van der Waals surface area contributed by atoms with Gasteiger partial charge in [-0.15, -0.1) is 0 Å². The lowest BCUT2D eigenvalue weighted by molar-refractivity contribution is 0.458. The van der Waals surface area contributed by atoms with Crippen molar-refractivity contribution in [2.75, 3.05) is 0 Å². The van der Waals surface area contributed by atoms with Gasteiger partial charge < -0.3 is 8.23 Å². The van der Waals surface area contributed by atoms with Crippen LogP contribution in [0.25, 0.3) is 0 Å². The summed E-state index contributed by atoms with van der Waals surface area (Å²) in [5, 5.41) is 0. The highest BCUT2D eigenvalue weighted by molar-refractivity contribution is 6.41. The van der Waals surface area contributed by atoms with Crippen molar-refractivity contribution in [1.82, 2.24) is 0 Å². The molecule has 0 saturated carbocycles. The van der Waals surface area contributed by atoms with Gasteiger partial charge in [-0.25, -0.2) is 0 Å². The summed E-state index contributed by atoms with van der Waals surface area (Å²) in [6, 6.07) is 1.37. The highest BCUT2D eigenvalue weighted by Crippen LogP contribution is 2.16. The van der Waals surface area contributed by atoms with Crippen molar-refractivity contribution >= 4 is 30.3 Å². The zero-order valence-electron chi connectivity index (χ0n) is 9.34. The van der Waals surface area contributed by atoms with Crippen LogP contribution in [0.2, 0.25) is 6.04 Å². The van der Waals surface area contributed by atoms with E-state index in [2.05, 4.69) is 13.8 Å². The molecule has 0 aromatic carbocycles. The average Bonchev–Trinajstić information content (AvgIpc) is 2.17. The first-order valence-electron chi connectivity index (χ1n) is 5.41. The Morgan fingerprint density at radius 3 is 2.69 bits per heavy atom. The molecule has 0 aliphatic heterocycles. The Morgan fingerprint density at radius 1 is 1.38 bits per heavy atom. The van der Waals surface area contributed by atoms with Crippen LogP contribution in [0.4, 0.5) is 0 Å². The molecular formula is C8H24O2Si3. The predicted octanol–water partition coefficient (Wildman–Crippen LogP) is 0.0173. The van der Waals surface area contributed by atoms with Crippen molar-refractivity contribution in [3.8, 4) is 0 Å². The Balaban J connectivity index is 3.25. The summed E-state index contributed by atoms with van der Waals surface area (Å²) in [7, 11) is 0.112. The van der Waals surface area contributed by atoms with Crippen LogP contribution in [-0.4, -0.2) is 30.3 Å². The molecule has 0 rings (SSSR count). The fourth-order valence-corrected chi connectivity index (χ4v) is 5.77. The van der Waals surface area contributed by atoms with Crippen molar-refractivity contribution in [3.05, 3.63) is 0 Å². The van der Waals surface area contributed by atoms with Crippen molar-refractivity contribution in [2.24, 2.45) is 5.92 Å². The summed E-state index contributed by atoms with van der Waals surface area (Å²) in [5.74, 6) is 0.940. The summed E-state index contributed by atoms with van der Waals surface area (Å²) in [5.41, 5.74) is 0.